The quantitative estimate of drug-likeness (QED) is 0.838. The number of likely N-dealkylation sites (N-methyl/N-ethyl adjacent to an activating group) is 1. The van der Waals surface area contributed by atoms with Gasteiger partial charge in [0.2, 0.25) is 0 Å². The summed E-state index contributed by atoms with van der Waals surface area (Å²) >= 11 is 0. The summed E-state index contributed by atoms with van der Waals surface area (Å²) in [6.07, 6.45) is 2.61. The number of likely N-dealkylation sites (tertiary alicyclic amines) is 1. The van der Waals surface area contributed by atoms with Gasteiger partial charge in [0.15, 0.2) is 0 Å². The number of carboxylic acid groups (broad SMARTS) is 1. The Kier molecular flexibility index (Phi) is 6.21. The summed E-state index contributed by atoms with van der Waals surface area (Å²) in [6.45, 7) is 6.89. The molecule has 0 amide bonds. The van der Waals surface area contributed by atoms with E-state index < -0.39 is 5.97 Å². The van der Waals surface area contributed by atoms with Gasteiger partial charge in [0, 0.05) is 25.7 Å². The number of nitrogens with zero attached hydrogens (tertiary/aromatic N) is 2. The summed E-state index contributed by atoms with van der Waals surface area (Å²) in [7, 11) is 0. The fourth-order valence-corrected chi connectivity index (χ4v) is 3.15. The Balaban J connectivity index is 1.88. The van der Waals surface area contributed by atoms with Crippen LogP contribution in [-0.2, 0) is 11.3 Å². The molecule has 1 aliphatic rings. The molecule has 0 aromatic heterocycles. The zero-order chi connectivity index (χ0) is 15.1. The third-order valence-corrected chi connectivity index (χ3v) is 4.27. The number of hydrogen-bond acceptors (Lipinski definition) is 3. The number of hydrogen-bond donors (Lipinski definition) is 1. The van der Waals surface area contributed by atoms with Gasteiger partial charge in [0.1, 0.15) is 0 Å². The topological polar surface area (TPSA) is 43.8 Å². The standard InChI is InChI=1S/C17H26N2O2/c1-2-19(12-10-17(20)21)16-9-6-11-18(14-16)13-15-7-4-3-5-8-15/h3-5,7-8,16H,2,6,9-14H2,1H3,(H,20,21). The maximum atomic E-state index is 10.8. The average molecular weight is 290 g/mol. The predicted octanol–water partition coefficient (Wildman–Crippen LogP) is 2.45. The minimum atomic E-state index is -0.703. The smallest absolute Gasteiger partial charge is 0.304 e. The Morgan fingerprint density at radius 2 is 2.14 bits per heavy atom. The van der Waals surface area contributed by atoms with Crippen LogP contribution in [0.1, 0.15) is 31.7 Å². The minimum absolute atomic E-state index is 0.239. The predicted molar refractivity (Wildman–Crippen MR) is 84.2 cm³/mol. The Morgan fingerprint density at radius 3 is 2.81 bits per heavy atom. The van der Waals surface area contributed by atoms with E-state index in [0.717, 1.165) is 26.2 Å². The van der Waals surface area contributed by atoms with Crippen LogP contribution in [0, 0.1) is 0 Å². The van der Waals surface area contributed by atoms with E-state index in [9.17, 15) is 4.79 Å². The third kappa shape index (κ3) is 5.14. The second-order valence-electron chi connectivity index (χ2n) is 5.79. The Bertz CT molecular complexity index is 436. The first-order valence-electron chi connectivity index (χ1n) is 7.91. The molecule has 1 aromatic carbocycles. The highest BCUT2D eigenvalue weighted by Crippen LogP contribution is 2.18. The summed E-state index contributed by atoms with van der Waals surface area (Å²) in [6, 6.07) is 11.1. The number of benzene rings is 1. The summed E-state index contributed by atoms with van der Waals surface area (Å²) < 4.78 is 0. The summed E-state index contributed by atoms with van der Waals surface area (Å²) in [5.74, 6) is -0.703. The van der Waals surface area contributed by atoms with E-state index in [0.29, 0.717) is 12.6 Å². The fourth-order valence-electron chi connectivity index (χ4n) is 3.15. The van der Waals surface area contributed by atoms with Gasteiger partial charge in [-0.3, -0.25) is 14.6 Å². The largest absolute Gasteiger partial charge is 0.481 e. The molecule has 2 rings (SSSR count). The molecule has 1 saturated heterocycles. The number of aliphatic carboxylic acids is 1. The van der Waals surface area contributed by atoms with Gasteiger partial charge >= 0.3 is 5.97 Å². The van der Waals surface area contributed by atoms with Crippen LogP contribution < -0.4 is 0 Å². The van der Waals surface area contributed by atoms with Gasteiger partial charge in [0.05, 0.1) is 6.42 Å². The minimum Gasteiger partial charge on any atom is -0.481 e. The summed E-state index contributed by atoms with van der Waals surface area (Å²) in [5, 5.41) is 8.87. The Labute approximate surface area is 127 Å². The molecule has 21 heavy (non-hydrogen) atoms. The maximum Gasteiger partial charge on any atom is 0.304 e. The maximum absolute atomic E-state index is 10.8. The highest BCUT2D eigenvalue weighted by atomic mass is 16.4. The first-order valence-corrected chi connectivity index (χ1v) is 7.91. The molecular formula is C17H26N2O2. The zero-order valence-electron chi connectivity index (χ0n) is 12.9. The first-order chi connectivity index (χ1) is 10.2. The summed E-state index contributed by atoms with van der Waals surface area (Å²) in [5.41, 5.74) is 1.35. The lowest BCUT2D eigenvalue weighted by Gasteiger charge is -2.39. The van der Waals surface area contributed by atoms with E-state index >= 15 is 0 Å². The molecule has 0 bridgehead atoms. The number of rotatable bonds is 7. The molecule has 0 spiro atoms. The fraction of sp³-hybridized carbons (Fsp3) is 0.588. The Hall–Kier alpha value is -1.39. The van der Waals surface area contributed by atoms with Gasteiger partial charge in [-0.15, -0.1) is 0 Å². The second kappa shape index (κ2) is 8.15. The van der Waals surface area contributed by atoms with Crippen LogP contribution in [0.5, 0.6) is 0 Å². The molecule has 0 saturated carbocycles. The van der Waals surface area contributed by atoms with Crippen LogP contribution >= 0.6 is 0 Å². The van der Waals surface area contributed by atoms with Crippen molar-refractivity contribution in [1.29, 1.82) is 0 Å². The molecule has 1 fully saturated rings. The molecule has 4 heteroatoms. The lowest BCUT2D eigenvalue weighted by Crippen LogP contribution is -2.48. The second-order valence-corrected chi connectivity index (χ2v) is 5.79. The van der Waals surface area contributed by atoms with Crippen molar-refractivity contribution < 1.29 is 9.90 Å². The van der Waals surface area contributed by atoms with E-state index in [2.05, 4.69) is 41.0 Å². The highest BCUT2D eigenvalue weighted by Gasteiger charge is 2.24. The molecule has 1 atom stereocenters. The number of carbonyl (C=O) groups is 1. The summed E-state index contributed by atoms with van der Waals surface area (Å²) in [4.78, 5) is 15.6. The number of carboxylic acids is 1. The van der Waals surface area contributed by atoms with Crippen molar-refractivity contribution in [3.63, 3.8) is 0 Å². The monoisotopic (exact) mass is 290 g/mol. The van der Waals surface area contributed by atoms with Crippen molar-refractivity contribution in [3.8, 4) is 0 Å². The van der Waals surface area contributed by atoms with Crippen LogP contribution in [0.2, 0.25) is 0 Å². The van der Waals surface area contributed by atoms with Crippen molar-refractivity contribution in [1.82, 2.24) is 9.80 Å². The Morgan fingerprint density at radius 1 is 1.38 bits per heavy atom. The van der Waals surface area contributed by atoms with Gasteiger partial charge < -0.3 is 5.11 Å². The van der Waals surface area contributed by atoms with Gasteiger partial charge in [-0.25, -0.2) is 0 Å². The SMILES string of the molecule is CCN(CCC(=O)O)C1CCCN(Cc2ccccc2)C1. The lowest BCUT2D eigenvalue weighted by molar-refractivity contribution is -0.137. The van der Waals surface area contributed by atoms with Crippen LogP contribution in [0.4, 0.5) is 0 Å². The molecule has 116 valence electrons. The van der Waals surface area contributed by atoms with E-state index in [1.165, 1.54) is 18.4 Å². The average Bonchev–Trinajstić information content (AvgIpc) is 2.49. The molecule has 0 radical (unpaired) electrons. The molecule has 1 aromatic rings. The molecule has 1 N–H and O–H groups in total. The van der Waals surface area contributed by atoms with Gasteiger partial charge in [-0.05, 0) is 31.5 Å². The van der Waals surface area contributed by atoms with Gasteiger partial charge in [-0.1, -0.05) is 37.3 Å². The molecular weight excluding hydrogens is 264 g/mol. The molecule has 1 heterocycles. The molecule has 0 aliphatic carbocycles. The normalized spacial score (nSPS) is 19.8. The van der Waals surface area contributed by atoms with Crippen molar-refractivity contribution in [3.05, 3.63) is 35.9 Å². The van der Waals surface area contributed by atoms with Gasteiger partial charge in [0.25, 0.3) is 0 Å². The van der Waals surface area contributed by atoms with E-state index in [-0.39, 0.29) is 6.42 Å². The van der Waals surface area contributed by atoms with Crippen molar-refractivity contribution in [2.45, 2.75) is 38.8 Å². The van der Waals surface area contributed by atoms with Crippen LogP contribution in [-0.4, -0.2) is 53.1 Å². The van der Waals surface area contributed by atoms with Crippen LogP contribution in [0.25, 0.3) is 0 Å². The first kappa shape index (κ1) is 16.0. The van der Waals surface area contributed by atoms with Crippen molar-refractivity contribution in [2.75, 3.05) is 26.2 Å². The van der Waals surface area contributed by atoms with E-state index in [1.54, 1.807) is 0 Å². The van der Waals surface area contributed by atoms with Crippen molar-refractivity contribution >= 4 is 5.97 Å². The van der Waals surface area contributed by atoms with E-state index in [4.69, 9.17) is 5.11 Å². The third-order valence-electron chi connectivity index (χ3n) is 4.27. The molecule has 4 nitrogen and oxygen atoms in total. The molecule has 1 unspecified atom stereocenters. The lowest BCUT2D eigenvalue weighted by atomic mass is 10.0. The van der Waals surface area contributed by atoms with Gasteiger partial charge in [-0.2, -0.15) is 0 Å². The zero-order valence-corrected chi connectivity index (χ0v) is 12.9. The van der Waals surface area contributed by atoms with Crippen LogP contribution in [0.15, 0.2) is 30.3 Å². The number of piperidine rings is 1. The van der Waals surface area contributed by atoms with E-state index in [1.807, 2.05) is 6.07 Å². The highest BCUT2D eigenvalue weighted by molar-refractivity contribution is 5.66. The van der Waals surface area contributed by atoms with Crippen LogP contribution in [0.3, 0.4) is 0 Å². The molecule has 1 aliphatic heterocycles. The van der Waals surface area contributed by atoms with Crippen molar-refractivity contribution in [2.24, 2.45) is 0 Å².